The molecule has 0 heterocycles. The first kappa shape index (κ1) is 17.5. The third-order valence-corrected chi connectivity index (χ3v) is 5.13. The van der Waals surface area contributed by atoms with Gasteiger partial charge in [-0.15, -0.1) is 0 Å². The predicted molar refractivity (Wildman–Crippen MR) is 92.0 cm³/mol. The van der Waals surface area contributed by atoms with Gasteiger partial charge in [-0.3, -0.25) is 0 Å². The van der Waals surface area contributed by atoms with Crippen molar-refractivity contribution in [1.29, 1.82) is 0 Å². The maximum atomic E-state index is 11.7. The third kappa shape index (κ3) is 4.54. The summed E-state index contributed by atoms with van der Waals surface area (Å²) in [6.45, 7) is 2.16. The summed E-state index contributed by atoms with van der Waals surface area (Å²) in [5, 5.41) is 12.3. The number of aliphatic hydroxyl groups is 1. The van der Waals surface area contributed by atoms with Crippen LogP contribution >= 0.6 is 0 Å². The monoisotopic (exact) mass is 334 g/mol. The summed E-state index contributed by atoms with van der Waals surface area (Å²) >= 11 is 0. The van der Waals surface area contributed by atoms with Crippen LogP contribution in [0.15, 0.2) is 53.4 Å². The maximum Gasteiger partial charge on any atom is 0.240 e. The molecule has 1 atom stereocenters. The fourth-order valence-electron chi connectivity index (χ4n) is 2.28. The first-order valence-electron chi connectivity index (χ1n) is 7.46. The van der Waals surface area contributed by atoms with Crippen LogP contribution in [0.25, 0.3) is 0 Å². The van der Waals surface area contributed by atoms with E-state index in [-0.39, 0.29) is 17.5 Å². The Hall–Kier alpha value is -1.89. The zero-order valence-corrected chi connectivity index (χ0v) is 14.1. The summed E-state index contributed by atoms with van der Waals surface area (Å²) in [6, 6.07) is 14.8. The van der Waals surface area contributed by atoms with E-state index in [2.05, 4.69) is 10.0 Å². The van der Waals surface area contributed by atoms with Crippen LogP contribution in [0, 0.1) is 0 Å². The molecule has 0 amide bonds. The number of sulfonamides is 1. The van der Waals surface area contributed by atoms with Crippen molar-refractivity contribution in [2.75, 3.05) is 19.0 Å². The second kappa shape index (κ2) is 7.59. The van der Waals surface area contributed by atoms with Crippen LogP contribution in [0.5, 0.6) is 0 Å². The summed E-state index contributed by atoms with van der Waals surface area (Å²) in [7, 11) is -2.00. The van der Waals surface area contributed by atoms with E-state index in [1.807, 2.05) is 43.3 Å². The van der Waals surface area contributed by atoms with Crippen molar-refractivity contribution < 1.29 is 13.5 Å². The van der Waals surface area contributed by atoms with Crippen LogP contribution in [0.1, 0.15) is 24.1 Å². The molecule has 2 aromatic carbocycles. The van der Waals surface area contributed by atoms with Crippen molar-refractivity contribution >= 4 is 15.7 Å². The highest BCUT2D eigenvalue weighted by Crippen LogP contribution is 2.21. The summed E-state index contributed by atoms with van der Waals surface area (Å²) in [6.07, 6.45) is 0.650. The van der Waals surface area contributed by atoms with Gasteiger partial charge in [-0.25, -0.2) is 13.1 Å². The van der Waals surface area contributed by atoms with Gasteiger partial charge in [0.15, 0.2) is 0 Å². The SMILES string of the molecule is CNS(=O)(=O)c1ccc([C@H](C)Nc2ccc(CCO)cc2)cc1. The Morgan fingerprint density at radius 3 is 2.17 bits per heavy atom. The number of hydrogen-bond donors (Lipinski definition) is 3. The van der Waals surface area contributed by atoms with Crippen molar-refractivity contribution in [3.63, 3.8) is 0 Å². The Labute approximate surface area is 137 Å². The Kier molecular flexibility index (Phi) is 5.76. The van der Waals surface area contributed by atoms with Gasteiger partial charge in [0, 0.05) is 18.3 Å². The topological polar surface area (TPSA) is 78.4 Å². The molecule has 124 valence electrons. The van der Waals surface area contributed by atoms with E-state index in [9.17, 15) is 8.42 Å². The summed E-state index contributed by atoms with van der Waals surface area (Å²) in [4.78, 5) is 0.254. The highest BCUT2D eigenvalue weighted by molar-refractivity contribution is 7.89. The second-order valence-corrected chi connectivity index (χ2v) is 7.20. The molecule has 0 aliphatic heterocycles. The Morgan fingerprint density at radius 2 is 1.65 bits per heavy atom. The molecule has 0 saturated carbocycles. The van der Waals surface area contributed by atoms with Crippen molar-refractivity contribution in [2.24, 2.45) is 0 Å². The second-order valence-electron chi connectivity index (χ2n) is 5.31. The molecule has 0 aliphatic carbocycles. The normalized spacial score (nSPS) is 12.8. The molecular weight excluding hydrogens is 312 g/mol. The highest BCUT2D eigenvalue weighted by atomic mass is 32.2. The Balaban J connectivity index is 2.07. The summed E-state index contributed by atoms with van der Waals surface area (Å²) < 4.78 is 25.7. The fraction of sp³-hybridized carbons (Fsp3) is 0.294. The van der Waals surface area contributed by atoms with E-state index in [1.165, 1.54) is 7.05 Å². The van der Waals surface area contributed by atoms with Crippen LogP contribution < -0.4 is 10.0 Å². The molecule has 0 unspecified atom stereocenters. The van der Waals surface area contributed by atoms with Crippen molar-refractivity contribution in [3.8, 4) is 0 Å². The minimum Gasteiger partial charge on any atom is -0.396 e. The number of benzene rings is 2. The van der Waals surface area contributed by atoms with Gasteiger partial charge in [-0.2, -0.15) is 0 Å². The van der Waals surface area contributed by atoms with Gasteiger partial charge in [0.1, 0.15) is 0 Å². The molecule has 2 rings (SSSR count). The number of hydrogen-bond acceptors (Lipinski definition) is 4. The van der Waals surface area contributed by atoms with Gasteiger partial charge in [-0.05, 0) is 55.8 Å². The lowest BCUT2D eigenvalue weighted by Gasteiger charge is -2.16. The molecule has 23 heavy (non-hydrogen) atoms. The van der Waals surface area contributed by atoms with E-state index in [1.54, 1.807) is 12.1 Å². The zero-order chi connectivity index (χ0) is 16.9. The Morgan fingerprint density at radius 1 is 1.04 bits per heavy atom. The lowest BCUT2D eigenvalue weighted by molar-refractivity contribution is 0.299. The average molecular weight is 334 g/mol. The van der Waals surface area contributed by atoms with E-state index in [4.69, 9.17) is 5.11 Å². The molecular formula is C17H22N2O3S. The molecule has 0 aromatic heterocycles. The molecule has 0 bridgehead atoms. The maximum absolute atomic E-state index is 11.7. The van der Waals surface area contributed by atoms with Gasteiger partial charge in [0.2, 0.25) is 10.0 Å². The van der Waals surface area contributed by atoms with Gasteiger partial charge < -0.3 is 10.4 Å². The molecule has 2 aromatic rings. The summed E-state index contributed by atoms with van der Waals surface area (Å²) in [5.41, 5.74) is 3.07. The summed E-state index contributed by atoms with van der Waals surface area (Å²) in [5.74, 6) is 0. The van der Waals surface area contributed by atoms with E-state index in [0.717, 1.165) is 16.8 Å². The molecule has 5 nitrogen and oxygen atoms in total. The number of rotatable bonds is 7. The van der Waals surface area contributed by atoms with E-state index in [0.29, 0.717) is 6.42 Å². The number of nitrogens with one attached hydrogen (secondary N) is 2. The van der Waals surface area contributed by atoms with Crippen molar-refractivity contribution in [1.82, 2.24) is 4.72 Å². The zero-order valence-electron chi connectivity index (χ0n) is 13.3. The van der Waals surface area contributed by atoms with Gasteiger partial charge >= 0.3 is 0 Å². The lowest BCUT2D eigenvalue weighted by atomic mass is 10.1. The van der Waals surface area contributed by atoms with Crippen LogP contribution in [0.4, 0.5) is 5.69 Å². The van der Waals surface area contributed by atoms with Crippen LogP contribution in [-0.2, 0) is 16.4 Å². The first-order chi connectivity index (χ1) is 11.0. The molecule has 0 radical (unpaired) electrons. The number of anilines is 1. The smallest absolute Gasteiger partial charge is 0.240 e. The Bertz CT molecular complexity index is 725. The van der Waals surface area contributed by atoms with Crippen molar-refractivity contribution in [2.45, 2.75) is 24.3 Å². The molecule has 3 N–H and O–H groups in total. The van der Waals surface area contributed by atoms with E-state index >= 15 is 0 Å². The number of aliphatic hydroxyl groups excluding tert-OH is 1. The van der Waals surface area contributed by atoms with Gasteiger partial charge in [0.05, 0.1) is 4.90 Å². The largest absolute Gasteiger partial charge is 0.396 e. The van der Waals surface area contributed by atoms with E-state index < -0.39 is 10.0 Å². The quantitative estimate of drug-likeness (QED) is 0.726. The highest BCUT2D eigenvalue weighted by Gasteiger charge is 2.12. The van der Waals surface area contributed by atoms with Crippen LogP contribution in [0.3, 0.4) is 0 Å². The average Bonchev–Trinajstić information content (AvgIpc) is 2.57. The minimum absolute atomic E-state index is 0.0463. The van der Waals surface area contributed by atoms with Crippen LogP contribution in [-0.4, -0.2) is 27.2 Å². The van der Waals surface area contributed by atoms with Crippen molar-refractivity contribution in [3.05, 3.63) is 59.7 Å². The molecule has 0 saturated heterocycles. The van der Waals surface area contributed by atoms with Gasteiger partial charge in [-0.1, -0.05) is 24.3 Å². The standard InChI is InChI=1S/C17H22N2O3S/c1-13(19-16-7-3-14(4-8-16)11-12-20)15-5-9-17(10-6-15)23(21,22)18-2/h3-10,13,18-20H,11-12H2,1-2H3/t13-/m0/s1. The minimum atomic E-state index is -3.40. The third-order valence-electron chi connectivity index (χ3n) is 3.70. The molecule has 0 spiro atoms. The molecule has 0 fully saturated rings. The van der Waals surface area contributed by atoms with Gasteiger partial charge in [0.25, 0.3) is 0 Å². The lowest BCUT2D eigenvalue weighted by Crippen LogP contribution is -2.18. The molecule has 6 heteroatoms. The predicted octanol–water partition coefficient (Wildman–Crippen LogP) is 2.30. The fourth-order valence-corrected chi connectivity index (χ4v) is 3.01. The molecule has 0 aliphatic rings. The first-order valence-corrected chi connectivity index (χ1v) is 8.94. The van der Waals surface area contributed by atoms with Crippen LogP contribution in [0.2, 0.25) is 0 Å².